The standard InChI is InChI=1S/C8H19N3/c1-3-8-4-5-10(2)6-7-11(8)9/h8H,3-7,9H2,1-2H3/t8-/m0/s1. The molecule has 1 fully saturated rings. The molecule has 0 saturated carbocycles. The molecular weight excluding hydrogens is 138 g/mol. The Kier molecular flexibility index (Phi) is 3.30. The fourth-order valence-corrected chi connectivity index (χ4v) is 1.55. The summed E-state index contributed by atoms with van der Waals surface area (Å²) in [4.78, 5) is 2.34. The average molecular weight is 157 g/mol. The molecule has 0 radical (unpaired) electrons. The number of hydrazine groups is 1. The molecule has 11 heavy (non-hydrogen) atoms. The normalized spacial score (nSPS) is 30.3. The summed E-state index contributed by atoms with van der Waals surface area (Å²) in [6, 6.07) is 0.597. The zero-order valence-electron chi connectivity index (χ0n) is 7.58. The van der Waals surface area contributed by atoms with E-state index in [1.54, 1.807) is 0 Å². The first-order valence-corrected chi connectivity index (χ1v) is 4.44. The number of hydrogen-bond donors (Lipinski definition) is 1. The molecule has 0 spiro atoms. The summed E-state index contributed by atoms with van der Waals surface area (Å²) >= 11 is 0. The van der Waals surface area contributed by atoms with Gasteiger partial charge < -0.3 is 4.90 Å². The monoisotopic (exact) mass is 157 g/mol. The van der Waals surface area contributed by atoms with Crippen LogP contribution in [-0.2, 0) is 0 Å². The van der Waals surface area contributed by atoms with Gasteiger partial charge in [-0.05, 0) is 26.4 Å². The lowest BCUT2D eigenvalue weighted by Crippen LogP contribution is -2.41. The molecule has 66 valence electrons. The van der Waals surface area contributed by atoms with E-state index in [0.29, 0.717) is 6.04 Å². The van der Waals surface area contributed by atoms with Crippen LogP contribution in [0.15, 0.2) is 0 Å². The lowest BCUT2D eigenvalue weighted by atomic mass is 10.1. The van der Waals surface area contributed by atoms with Crippen molar-refractivity contribution >= 4 is 0 Å². The first-order chi connectivity index (χ1) is 5.24. The topological polar surface area (TPSA) is 32.5 Å². The molecule has 0 unspecified atom stereocenters. The van der Waals surface area contributed by atoms with Gasteiger partial charge in [0, 0.05) is 19.1 Å². The van der Waals surface area contributed by atoms with Crippen LogP contribution < -0.4 is 5.84 Å². The third-order valence-electron chi connectivity index (χ3n) is 2.52. The maximum atomic E-state index is 5.86. The van der Waals surface area contributed by atoms with Crippen LogP contribution in [0.1, 0.15) is 19.8 Å². The number of nitrogens with two attached hydrogens (primary N) is 1. The lowest BCUT2D eigenvalue weighted by molar-refractivity contribution is 0.204. The third kappa shape index (κ3) is 2.43. The van der Waals surface area contributed by atoms with Gasteiger partial charge in [-0.25, -0.2) is 5.01 Å². The smallest absolute Gasteiger partial charge is 0.0259 e. The van der Waals surface area contributed by atoms with Gasteiger partial charge in [0.15, 0.2) is 0 Å². The third-order valence-corrected chi connectivity index (χ3v) is 2.52. The molecule has 1 saturated heterocycles. The Morgan fingerprint density at radius 2 is 2.09 bits per heavy atom. The van der Waals surface area contributed by atoms with Crippen molar-refractivity contribution < 1.29 is 0 Å². The van der Waals surface area contributed by atoms with E-state index in [1.807, 2.05) is 5.01 Å². The summed E-state index contributed by atoms with van der Waals surface area (Å²) in [7, 11) is 2.16. The van der Waals surface area contributed by atoms with Crippen molar-refractivity contribution in [2.24, 2.45) is 5.84 Å². The number of likely N-dealkylation sites (N-methyl/N-ethyl adjacent to an activating group) is 1. The zero-order valence-corrected chi connectivity index (χ0v) is 7.58. The van der Waals surface area contributed by atoms with Gasteiger partial charge in [-0.3, -0.25) is 5.84 Å². The minimum atomic E-state index is 0.597. The van der Waals surface area contributed by atoms with Crippen LogP contribution in [0.4, 0.5) is 0 Å². The fraction of sp³-hybridized carbons (Fsp3) is 1.00. The van der Waals surface area contributed by atoms with Gasteiger partial charge in [0.2, 0.25) is 0 Å². The van der Waals surface area contributed by atoms with Gasteiger partial charge in [-0.1, -0.05) is 6.92 Å². The fourth-order valence-electron chi connectivity index (χ4n) is 1.55. The predicted molar refractivity (Wildman–Crippen MR) is 47.1 cm³/mol. The van der Waals surface area contributed by atoms with Crippen LogP contribution >= 0.6 is 0 Å². The van der Waals surface area contributed by atoms with Crippen LogP contribution in [0.2, 0.25) is 0 Å². The van der Waals surface area contributed by atoms with Crippen molar-refractivity contribution in [1.82, 2.24) is 9.91 Å². The van der Waals surface area contributed by atoms with Crippen LogP contribution in [-0.4, -0.2) is 42.6 Å². The van der Waals surface area contributed by atoms with Crippen LogP contribution in [0.5, 0.6) is 0 Å². The Bertz CT molecular complexity index is 116. The molecule has 0 bridgehead atoms. The van der Waals surface area contributed by atoms with Crippen molar-refractivity contribution in [2.75, 3.05) is 26.7 Å². The van der Waals surface area contributed by atoms with E-state index in [4.69, 9.17) is 5.84 Å². The molecule has 3 heteroatoms. The van der Waals surface area contributed by atoms with E-state index in [-0.39, 0.29) is 0 Å². The summed E-state index contributed by atoms with van der Waals surface area (Å²) < 4.78 is 0. The maximum absolute atomic E-state index is 5.86. The molecule has 0 aromatic rings. The van der Waals surface area contributed by atoms with Crippen molar-refractivity contribution in [1.29, 1.82) is 0 Å². The minimum absolute atomic E-state index is 0.597. The molecule has 1 rings (SSSR count). The molecule has 0 aliphatic carbocycles. The first kappa shape index (κ1) is 8.97. The predicted octanol–water partition coefficient (Wildman–Crippen LogP) is 0.276. The second kappa shape index (κ2) is 4.04. The van der Waals surface area contributed by atoms with Crippen molar-refractivity contribution in [2.45, 2.75) is 25.8 Å². The van der Waals surface area contributed by atoms with Gasteiger partial charge in [0.05, 0.1) is 0 Å². The zero-order chi connectivity index (χ0) is 8.27. The van der Waals surface area contributed by atoms with Crippen LogP contribution in [0.25, 0.3) is 0 Å². The largest absolute Gasteiger partial charge is 0.305 e. The molecule has 1 aliphatic rings. The van der Waals surface area contributed by atoms with E-state index in [1.165, 1.54) is 19.4 Å². The Labute approximate surface area is 69.1 Å². The highest BCUT2D eigenvalue weighted by molar-refractivity contribution is 4.72. The minimum Gasteiger partial charge on any atom is -0.305 e. The van der Waals surface area contributed by atoms with E-state index in [0.717, 1.165) is 13.1 Å². The van der Waals surface area contributed by atoms with Crippen LogP contribution in [0.3, 0.4) is 0 Å². The molecule has 1 aliphatic heterocycles. The molecule has 0 aromatic heterocycles. The summed E-state index contributed by atoms with van der Waals surface area (Å²) in [5, 5.41) is 1.99. The van der Waals surface area contributed by atoms with Crippen molar-refractivity contribution in [3.63, 3.8) is 0 Å². The van der Waals surface area contributed by atoms with Gasteiger partial charge in [0.25, 0.3) is 0 Å². The Balaban J connectivity index is 2.41. The molecule has 1 atom stereocenters. The number of nitrogens with zero attached hydrogens (tertiary/aromatic N) is 2. The molecule has 2 N–H and O–H groups in total. The Hall–Kier alpha value is -0.120. The molecule has 0 aromatic carbocycles. The van der Waals surface area contributed by atoms with Crippen molar-refractivity contribution in [3.8, 4) is 0 Å². The summed E-state index contributed by atoms with van der Waals surface area (Å²) in [6.45, 7) is 5.50. The second-order valence-corrected chi connectivity index (χ2v) is 3.39. The quantitative estimate of drug-likeness (QED) is 0.555. The van der Waals surface area contributed by atoms with E-state index in [9.17, 15) is 0 Å². The Morgan fingerprint density at radius 3 is 2.73 bits per heavy atom. The van der Waals surface area contributed by atoms with E-state index in [2.05, 4.69) is 18.9 Å². The lowest BCUT2D eigenvalue weighted by Gasteiger charge is -2.22. The summed E-state index contributed by atoms with van der Waals surface area (Å²) in [5.74, 6) is 5.86. The van der Waals surface area contributed by atoms with Gasteiger partial charge in [-0.15, -0.1) is 0 Å². The van der Waals surface area contributed by atoms with E-state index < -0.39 is 0 Å². The maximum Gasteiger partial charge on any atom is 0.0259 e. The summed E-state index contributed by atoms with van der Waals surface area (Å²) in [5.41, 5.74) is 0. The molecular formula is C8H19N3. The summed E-state index contributed by atoms with van der Waals surface area (Å²) in [6.07, 6.45) is 2.38. The van der Waals surface area contributed by atoms with Gasteiger partial charge in [-0.2, -0.15) is 0 Å². The SMILES string of the molecule is CC[C@H]1CCN(C)CCN1N. The van der Waals surface area contributed by atoms with Gasteiger partial charge >= 0.3 is 0 Å². The van der Waals surface area contributed by atoms with Gasteiger partial charge in [0.1, 0.15) is 0 Å². The highest BCUT2D eigenvalue weighted by Gasteiger charge is 2.17. The molecule has 0 amide bonds. The van der Waals surface area contributed by atoms with E-state index >= 15 is 0 Å². The first-order valence-electron chi connectivity index (χ1n) is 4.44. The highest BCUT2D eigenvalue weighted by Crippen LogP contribution is 2.08. The second-order valence-electron chi connectivity index (χ2n) is 3.39. The van der Waals surface area contributed by atoms with Crippen LogP contribution in [0, 0.1) is 0 Å². The molecule has 1 heterocycles. The average Bonchev–Trinajstić information content (AvgIpc) is 2.15. The highest BCUT2D eigenvalue weighted by atomic mass is 15.4. The van der Waals surface area contributed by atoms with Crippen molar-refractivity contribution in [3.05, 3.63) is 0 Å². The number of rotatable bonds is 1. The number of hydrogen-bond acceptors (Lipinski definition) is 3. The Morgan fingerprint density at radius 1 is 1.36 bits per heavy atom. The molecule has 3 nitrogen and oxygen atoms in total.